The highest BCUT2D eigenvalue weighted by Gasteiger charge is 2.36. The van der Waals surface area contributed by atoms with E-state index >= 15 is 0 Å². The third-order valence-corrected chi connectivity index (χ3v) is 5.06. The minimum atomic E-state index is -0.0918. The van der Waals surface area contributed by atoms with Crippen LogP contribution in [-0.4, -0.2) is 18.3 Å². The lowest BCUT2D eigenvalue weighted by molar-refractivity contribution is 0.116. The molecule has 2 nitrogen and oxygen atoms in total. The highest BCUT2D eigenvalue weighted by Crippen LogP contribution is 2.42. The summed E-state index contributed by atoms with van der Waals surface area (Å²) in [6, 6.07) is 2.14. The number of thiophene rings is 1. The molecule has 0 aliphatic heterocycles. The third kappa shape index (κ3) is 3.06. The molecule has 1 aliphatic carbocycles. The van der Waals surface area contributed by atoms with Gasteiger partial charge in [-0.3, -0.25) is 0 Å². The van der Waals surface area contributed by atoms with Crippen molar-refractivity contribution in [3.8, 4) is 0 Å². The van der Waals surface area contributed by atoms with Crippen molar-refractivity contribution in [2.75, 3.05) is 13.2 Å². The average Bonchev–Trinajstić information content (AvgIpc) is 3.00. The Morgan fingerprint density at radius 2 is 2.31 bits per heavy atom. The molecule has 0 radical (unpaired) electrons. The summed E-state index contributed by atoms with van der Waals surface area (Å²) in [5.41, 5.74) is 5.79. The lowest BCUT2D eigenvalue weighted by Gasteiger charge is -2.30. The minimum Gasteiger partial charge on any atom is -0.396 e. The van der Waals surface area contributed by atoms with Gasteiger partial charge in [-0.15, -0.1) is 11.3 Å². The lowest BCUT2D eigenvalue weighted by atomic mass is 9.79. The van der Waals surface area contributed by atoms with Gasteiger partial charge in [-0.1, -0.05) is 12.8 Å². The van der Waals surface area contributed by atoms with Crippen LogP contribution in [0.4, 0.5) is 0 Å². The van der Waals surface area contributed by atoms with Crippen molar-refractivity contribution in [3.05, 3.63) is 20.8 Å². The molecule has 1 aromatic rings. The molecule has 2 rings (SSSR count). The molecule has 0 amide bonds. The maximum atomic E-state index is 9.63. The molecule has 1 aromatic heterocycles. The Hall–Kier alpha value is 0.1000. The van der Waals surface area contributed by atoms with E-state index in [2.05, 4.69) is 27.4 Å². The van der Waals surface area contributed by atoms with Gasteiger partial charge in [-0.2, -0.15) is 0 Å². The van der Waals surface area contributed by atoms with Crippen LogP contribution in [0.25, 0.3) is 0 Å². The summed E-state index contributed by atoms with van der Waals surface area (Å²) < 4.78 is 1.13. The zero-order valence-electron chi connectivity index (χ0n) is 9.29. The van der Waals surface area contributed by atoms with Crippen molar-refractivity contribution in [3.63, 3.8) is 0 Å². The van der Waals surface area contributed by atoms with E-state index in [4.69, 9.17) is 5.73 Å². The second kappa shape index (κ2) is 5.17. The molecular formula is C12H18BrNOS. The third-order valence-electron chi connectivity index (χ3n) is 3.36. The van der Waals surface area contributed by atoms with Gasteiger partial charge in [0.1, 0.15) is 0 Å². The first-order valence-electron chi connectivity index (χ1n) is 5.71. The van der Waals surface area contributed by atoms with Crippen LogP contribution in [0.2, 0.25) is 0 Å². The highest BCUT2D eigenvalue weighted by molar-refractivity contribution is 9.10. The van der Waals surface area contributed by atoms with Crippen molar-refractivity contribution in [2.45, 2.75) is 25.7 Å². The van der Waals surface area contributed by atoms with Gasteiger partial charge >= 0.3 is 0 Å². The fourth-order valence-electron chi connectivity index (χ4n) is 2.16. The summed E-state index contributed by atoms with van der Waals surface area (Å²) in [4.78, 5) is 1.31. The molecule has 1 unspecified atom stereocenters. The maximum absolute atomic E-state index is 9.63. The number of aliphatic hydroxyl groups is 1. The van der Waals surface area contributed by atoms with Crippen molar-refractivity contribution in [1.82, 2.24) is 0 Å². The number of aliphatic hydroxyl groups excluding tert-OH is 1. The molecule has 1 heterocycles. The summed E-state index contributed by atoms with van der Waals surface area (Å²) in [6.45, 7) is 0.783. The molecule has 1 saturated carbocycles. The van der Waals surface area contributed by atoms with E-state index in [-0.39, 0.29) is 12.0 Å². The Kier molecular flexibility index (Phi) is 4.06. The minimum absolute atomic E-state index is 0.0918. The van der Waals surface area contributed by atoms with E-state index in [0.717, 1.165) is 23.2 Å². The lowest BCUT2D eigenvalue weighted by Crippen LogP contribution is -2.36. The maximum Gasteiger partial charge on any atom is 0.0503 e. The molecule has 1 aliphatic rings. The van der Waals surface area contributed by atoms with Gasteiger partial charge in [0, 0.05) is 26.7 Å². The standard InChI is InChI=1S/C12H18BrNOS/c13-10-3-11(16-6-10)5-12(7-14,8-15)4-9-1-2-9/h3,6,9,15H,1-2,4-5,7-8,14H2. The second-order valence-corrected chi connectivity index (χ2v) is 6.83. The van der Waals surface area contributed by atoms with Crippen LogP contribution in [-0.2, 0) is 6.42 Å². The number of halogens is 1. The van der Waals surface area contributed by atoms with E-state index in [0.29, 0.717) is 6.54 Å². The van der Waals surface area contributed by atoms with Crippen LogP contribution in [0.3, 0.4) is 0 Å². The van der Waals surface area contributed by atoms with Crippen molar-refractivity contribution < 1.29 is 5.11 Å². The molecule has 0 aromatic carbocycles. The first-order chi connectivity index (χ1) is 7.67. The normalized spacial score (nSPS) is 19.7. The van der Waals surface area contributed by atoms with Gasteiger partial charge in [-0.25, -0.2) is 0 Å². The summed E-state index contributed by atoms with van der Waals surface area (Å²) >= 11 is 5.20. The van der Waals surface area contributed by atoms with E-state index in [1.165, 1.54) is 17.7 Å². The molecule has 0 bridgehead atoms. The summed E-state index contributed by atoms with van der Waals surface area (Å²) in [6.07, 6.45) is 4.62. The first-order valence-corrected chi connectivity index (χ1v) is 7.38. The van der Waals surface area contributed by atoms with E-state index in [9.17, 15) is 5.11 Å². The fourth-order valence-corrected chi connectivity index (χ4v) is 3.79. The number of nitrogens with two attached hydrogens (primary N) is 1. The molecule has 1 atom stereocenters. The van der Waals surface area contributed by atoms with Gasteiger partial charge in [0.25, 0.3) is 0 Å². The van der Waals surface area contributed by atoms with Gasteiger partial charge < -0.3 is 10.8 Å². The number of rotatable bonds is 6. The zero-order valence-corrected chi connectivity index (χ0v) is 11.7. The highest BCUT2D eigenvalue weighted by atomic mass is 79.9. The Morgan fingerprint density at radius 1 is 1.56 bits per heavy atom. The topological polar surface area (TPSA) is 46.2 Å². The van der Waals surface area contributed by atoms with Gasteiger partial charge in [-0.05, 0) is 40.8 Å². The van der Waals surface area contributed by atoms with Crippen LogP contribution in [0.1, 0.15) is 24.1 Å². The van der Waals surface area contributed by atoms with Gasteiger partial charge in [0.15, 0.2) is 0 Å². The van der Waals surface area contributed by atoms with Gasteiger partial charge in [0.2, 0.25) is 0 Å². The van der Waals surface area contributed by atoms with Crippen LogP contribution in [0.5, 0.6) is 0 Å². The SMILES string of the molecule is NCC(CO)(Cc1cc(Br)cs1)CC1CC1. The average molecular weight is 304 g/mol. The predicted molar refractivity (Wildman–Crippen MR) is 71.6 cm³/mol. The second-order valence-electron chi connectivity index (χ2n) is 4.92. The Morgan fingerprint density at radius 3 is 2.75 bits per heavy atom. The monoisotopic (exact) mass is 303 g/mol. The van der Waals surface area contributed by atoms with Crippen LogP contribution in [0.15, 0.2) is 15.9 Å². The largest absolute Gasteiger partial charge is 0.396 e. The summed E-state index contributed by atoms with van der Waals surface area (Å²) in [5.74, 6) is 0.805. The molecule has 1 fully saturated rings. The fraction of sp³-hybridized carbons (Fsp3) is 0.667. The molecule has 90 valence electrons. The molecule has 16 heavy (non-hydrogen) atoms. The summed E-state index contributed by atoms with van der Waals surface area (Å²) in [7, 11) is 0. The van der Waals surface area contributed by atoms with E-state index in [1.54, 1.807) is 11.3 Å². The molecular weight excluding hydrogens is 286 g/mol. The van der Waals surface area contributed by atoms with Crippen LogP contribution in [0, 0.1) is 11.3 Å². The van der Waals surface area contributed by atoms with Crippen molar-refractivity contribution in [2.24, 2.45) is 17.1 Å². The Balaban J connectivity index is 2.05. The van der Waals surface area contributed by atoms with Crippen LogP contribution < -0.4 is 5.73 Å². The van der Waals surface area contributed by atoms with Gasteiger partial charge in [0.05, 0.1) is 6.61 Å². The Labute approximate surface area is 109 Å². The first kappa shape index (κ1) is 12.6. The molecule has 0 saturated heterocycles. The molecule has 4 heteroatoms. The smallest absolute Gasteiger partial charge is 0.0503 e. The number of hydrogen-bond acceptors (Lipinski definition) is 3. The Bertz CT molecular complexity index is 345. The molecule has 3 N–H and O–H groups in total. The van der Waals surface area contributed by atoms with Crippen molar-refractivity contribution >= 4 is 27.3 Å². The quantitative estimate of drug-likeness (QED) is 0.849. The van der Waals surface area contributed by atoms with Crippen molar-refractivity contribution in [1.29, 1.82) is 0 Å². The number of hydrogen-bond donors (Lipinski definition) is 2. The zero-order chi connectivity index (χ0) is 11.6. The molecule has 0 spiro atoms. The van der Waals surface area contributed by atoms with Crippen LogP contribution >= 0.6 is 27.3 Å². The van der Waals surface area contributed by atoms with E-state index < -0.39 is 0 Å². The summed E-state index contributed by atoms with van der Waals surface area (Å²) in [5, 5.41) is 11.7. The predicted octanol–water partition coefficient (Wildman–Crippen LogP) is 2.79. The van der Waals surface area contributed by atoms with E-state index in [1.807, 2.05) is 0 Å².